The van der Waals surface area contributed by atoms with E-state index in [1.54, 1.807) is 14.2 Å². The molecule has 3 rings (SSSR count). The van der Waals surface area contributed by atoms with Gasteiger partial charge in [0.15, 0.2) is 23.2 Å². The van der Waals surface area contributed by atoms with Gasteiger partial charge in [-0.15, -0.1) is 0 Å². The Balaban J connectivity index is 1.74. The van der Waals surface area contributed by atoms with Gasteiger partial charge in [0, 0.05) is 26.4 Å². The maximum atomic E-state index is 5.67. The van der Waals surface area contributed by atoms with Crippen LogP contribution in [0.4, 0.5) is 0 Å². The second kappa shape index (κ2) is 9.41. The monoisotopic (exact) mass is 384 g/mol. The number of hydrogen-bond acceptors (Lipinski definition) is 7. The van der Waals surface area contributed by atoms with Crippen molar-refractivity contribution in [3.8, 4) is 11.5 Å². The van der Waals surface area contributed by atoms with Gasteiger partial charge in [-0.1, -0.05) is 12.1 Å². The number of hydrogen-bond donors (Lipinski definition) is 0. The summed E-state index contributed by atoms with van der Waals surface area (Å²) in [5, 5.41) is 0. The fraction of sp³-hybridized carbons (Fsp3) is 0.429. The fourth-order valence-corrected chi connectivity index (χ4v) is 3.01. The summed E-state index contributed by atoms with van der Waals surface area (Å²) >= 11 is 0. The molecular weight excluding hydrogens is 356 g/mol. The second-order valence-electron chi connectivity index (χ2n) is 6.41. The number of ether oxygens (including phenoxy) is 3. The minimum Gasteiger partial charge on any atom is -0.493 e. The Bertz CT molecular complexity index is 814. The van der Waals surface area contributed by atoms with E-state index in [0.717, 1.165) is 36.9 Å². The zero-order valence-corrected chi connectivity index (χ0v) is 17.0. The standard InChI is InChI=1S/C21H28N4O3/c1-5-24-14-17-21(25(6-2)15-24)23-20(22-17)10-8-16-7-9-18(19(13-16)27-4)28-12-11-26-3/h7-10,13-14H,5-6,11-12,15H2,1-4H3/b10-8+. The minimum atomic E-state index is 0.480. The largest absolute Gasteiger partial charge is 0.493 e. The van der Waals surface area contributed by atoms with Gasteiger partial charge in [-0.05, 0) is 37.6 Å². The van der Waals surface area contributed by atoms with E-state index in [2.05, 4.69) is 34.8 Å². The van der Waals surface area contributed by atoms with Gasteiger partial charge in [0.1, 0.15) is 12.3 Å². The van der Waals surface area contributed by atoms with Gasteiger partial charge in [0.2, 0.25) is 0 Å². The Morgan fingerprint density at radius 1 is 1.04 bits per heavy atom. The summed E-state index contributed by atoms with van der Waals surface area (Å²) in [6, 6.07) is 5.81. The number of benzene rings is 1. The van der Waals surface area contributed by atoms with Gasteiger partial charge in [-0.3, -0.25) is 0 Å². The number of aliphatic imine (C=N–C) groups is 2. The summed E-state index contributed by atoms with van der Waals surface area (Å²) < 4.78 is 16.1. The zero-order chi connectivity index (χ0) is 19.9. The van der Waals surface area contributed by atoms with Crippen LogP contribution in [0.15, 0.2) is 46.2 Å². The van der Waals surface area contributed by atoms with Crippen LogP contribution in [-0.4, -0.2) is 68.7 Å². The average Bonchev–Trinajstić information content (AvgIpc) is 3.15. The number of likely N-dealkylation sites (N-methyl/N-ethyl adjacent to an activating group) is 1. The van der Waals surface area contributed by atoms with Crippen molar-refractivity contribution in [2.75, 3.05) is 47.2 Å². The highest BCUT2D eigenvalue weighted by atomic mass is 16.5. The number of methoxy groups -OCH3 is 2. The summed E-state index contributed by atoms with van der Waals surface area (Å²) in [5.41, 5.74) is 1.92. The Morgan fingerprint density at radius 3 is 2.61 bits per heavy atom. The van der Waals surface area contributed by atoms with Crippen LogP contribution in [0.25, 0.3) is 6.08 Å². The van der Waals surface area contributed by atoms with Crippen LogP contribution in [-0.2, 0) is 4.74 Å². The number of amidine groups is 2. The highest BCUT2D eigenvalue weighted by molar-refractivity contribution is 6.16. The maximum Gasteiger partial charge on any atom is 0.161 e. The lowest BCUT2D eigenvalue weighted by Gasteiger charge is -2.33. The molecule has 28 heavy (non-hydrogen) atoms. The van der Waals surface area contributed by atoms with Crippen molar-refractivity contribution in [2.24, 2.45) is 9.98 Å². The van der Waals surface area contributed by atoms with Gasteiger partial charge in [-0.2, -0.15) is 0 Å². The van der Waals surface area contributed by atoms with Gasteiger partial charge < -0.3 is 24.0 Å². The van der Waals surface area contributed by atoms with E-state index in [1.165, 1.54) is 0 Å². The normalized spacial score (nSPS) is 16.1. The molecule has 0 unspecified atom stereocenters. The highest BCUT2D eigenvalue weighted by Gasteiger charge is 2.26. The smallest absolute Gasteiger partial charge is 0.161 e. The van der Waals surface area contributed by atoms with E-state index < -0.39 is 0 Å². The Labute approximate surface area is 166 Å². The molecule has 0 amide bonds. The van der Waals surface area contributed by atoms with Crippen LogP contribution < -0.4 is 9.47 Å². The summed E-state index contributed by atoms with van der Waals surface area (Å²) in [6.45, 7) is 7.99. The fourth-order valence-electron chi connectivity index (χ4n) is 3.01. The summed E-state index contributed by atoms with van der Waals surface area (Å²) in [5.74, 6) is 3.04. The van der Waals surface area contributed by atoms with E-state index >= 15 is 0 Å². The Hall–Kier alpha value is -2.80. The molecule has 0 bridgehead atoms. The quantitative estimate of drug-likeness (QED) is 0.613. The van der Waals surface area contributed by atoms with E-state index in [4.69, 9.17) is 19.2 Å². The molecule has 0 fully saturated rings. The molecule has 0 aromatic heterocycles. The molecule has 0 radical (unpaired) electrons. The molecule has 0 saturated carbocycles. The van der Waals surface area contributed by atoms with Crippen molar-refractivity contribution < 1.29 is 14.2 Å². The van der Waals surface area contributed by atoms with Gasteiger partial charge in [0.05, 0.1) is 20.4 Å². The molecule has 1 aromatic carbocycles. The van der Waals surface area contributed by atoms with E-state index in [-0.39, 0.29) is 0 Å². The first-order chi connectivity index (χ1) is 13.7. The highest BCUT2D eigenvalue weighted by Crippen LogP contribution is 2.29. The average molecular weight is 384 g/mol. The molecule has 7 nitrogen and oxygen atoms in total. The van der Waals surface area contributed by atoms with Gasteiger partial charge >= 0.3 is 0 Å². The molecular formula is C21H28N4O3. The molecule has 0 spiro atoms. The van der Waals surface area contributed by atoms with Crippen molar-refractivity contribution >= 4 is 17.7 Å². The molecule has 0 N–H and O–H groups in total. The molecule has 2 aliphatic rings. The van der Waals surface area contributed by atoms with Crippen molar-refractivity contribution in [1.82, 2.24) is 9.80 Å². The van der Waals surface area contributed by atoms with Crippen molar-refractivity contribution in [1.29, 1.82) is 0 Å². The Morgan fingerprint density at radius 2 is 1.89 bits per heavy atom. The SMILES string of the molecule is CCN1C=C2N=C(/C=C/c3ccc(OCCOC)c(OC)c3)N=C2N(CC)C1. The van der Waals surface area contributed by atoms with Crippen LogP contribution >= 0.6 is 0 Å². The molecule has 2 heterocycles. The first-order valence-electron chi connectivity index (χ1n) is 9.54. The number of fused-ring (bicyclic) bond motifs is 1. The topological polar surface area (TPSA) is 58.9 Å². The predicted octanol–water partition coefficient (Wildman–Crippen LogP) is 3.00. The van der Waals surface area contributed by atoms with Crippen LogP contribution in [0.5, 0.6) is 11.5 Å². The van der Waals surface area contributed by atoms with Gasteiger partial charge in [0.25, 0.3) is 0 Å². The van der Waals surface area contributed by atoms with Crippen LogP contribution in [0.3, 0.4) is 0 Å². The first-order valence-corrected chi connectivity index (χ1v) is 9.54. The van der Waals surface area contributed by atoms with Crippen LogP contribution in [0.2, 0.25) is 0 Å². The van der Waals surface area contributed by atoms with Crippen molar-refractivity contribution in [2.45, 2.75) is 13.8 Å². The van der Waals surface area contributed by atoms with Crippen LogP contribution in [0.1, 0.15) is 19.4 Å². The summed E-state index contributed by atoms with van der Waals surface area (Å²) in [7, 11) is 3.28. The third-order valence-electron chi connectivity index (χ3n) is 4.59. The third-order valence-corrected chi connectivity index (χ3v) is 4.59. The van der Waals surface area contributed by atoms with Gasteiger partial charge in [-0.25, -0.2) is 9.98 Å². The molecule has 1 aromatic rings. The predicted molar refractivity (Wildman–Crippen MR) is 112 cm³/mol. The Kier molecular flexibility index (Phi) is 6.71. The van der Waals surface area contributed by atoms with Crippen molar-refractivity contribution in [3.05, 3.63) is 41.7 Å². The first kappa shape index (κ1) is 19.9. The number of rotatable bonds is 9. The lowest BCUT2D eigenvalue weighted by atomic mass is 10.2. The lowest BCUT2D eigenvalue weighted by Crippen LogP contribution is -2.43. The maximum absolute atomic E-state index is 5.67. The van der Waals surface area contributed by atoms with E-state index in [9.17, 15) is 0 Å². The molecule has 7 heteroatoms. The molecule has 2 aliphatic heterocycles. The van der Waals surface area contributed by atoms with E-state index in [1.807, 2.05) is 30.4 Å². The van der Waals surface area contributed by atoms with Crippen molar-refractivity contribution in [3.63, 3.8) is 0 Å². The lowest BCUT2D eigenvalue weighted by molar-refractivity contribution is 0.144. The summed E-state index contributed by atoms with van der Waals surface area (Å²) in [6.07, 6.45) is 5.99. The zero-order valence-electron chi connectivity index (χ0n) is 17.0. The second-order valence-corrected chi connectivity index (χ2v) is 6.41. The van der Waals surface area contributed by atoms with Crippen LogP contribution in [0, 0.1) is 0 Å². The van der Waals surface area contributed by atoms with E-state index in [0.29, 0.717) is 30.5 Å². The minimum absolute atomic E-state index is 0.480. The third kappa shape index (κ3) is 4.54. The molecule has 0 aliphatic carbocycles. The summed E-state index contributed by atoms with van der Waals surface area (Å²) in [4.78, 5) is 13.8. The molecule has 0 saturated heterocycles. The number of nitrogens with zero attached hydrogens (tertiary/aromatic N) is 4. The molecule has 0 atom stereocenters. The molecule has 150 valence electrons.